The highest BCUT2D eigenvalue weighted by atomic mass is 35.5. The van der Waals surface area contributed by atoms with E-state index < -0.39 is 5.69 Å². The maximum Gasteiger partial charge on any atom is 0.329 e. The van der Waals surface area contributed by atoms with Gasteiger partial charge in [0.2, 0.25) is 0 Å². The van der Waals surface area contributed by atoms with E-state index in [0.717, 1.165) is 17.7 Å². The monoisotopic (exact) mass is 245 g/mol. The van der Waals surface area contributed by atoms with Crippen LogP contribution in [0.15, 0.2) is 15.7 Å². The number of aromatic amines is 1. The van der Waals surface area contributed by atoms with Crippen molar-refractivity contribution in [1.29, 1.82) is 0 Å². The molecule has 0 saturated heterocycles. The molecule has 6 heteroatoms. The van der Waals surface area contributed by atoms with Crippen LogP contribution in [0.3, 0.4) is 0 Å². The normalized spacial score (nSPS) is 11.0. The van der Waals surface area contributed by atoms with Crippen molar-refractivity contribution in [2.75, 3.05) is 19.6 Å². The van der Waals surface area contributed by atoms with Gasteiger partial charge in [0.25, 0.3) is 5.56 Å². The summed E-state index contributed by atoms with van der Waals surface area (Å²) in [6.07, 6.45) is 0. The topological polar surface area (TPSA) is 58.1 Å². The number of likely N-dealkylation sites (N-methyl/N-ethyl adjacent to an activating group) is 1. The van der Waals surface area contributed by atoms with Gasteiger partial charge in [-0.05, 0) is 13.1 Å². The molecule has 0 aliphatic carbocycles. The molecule has 0 unspecified atom stereocenters. The van der Waals surface area contributed by atoms with Gasteiger partial charge in [-0.3, -0.25) is 14.3 Å². The Morgan fingerprint density at radius 2 is 2.00 bits per heavy atom. The summed E-state index contributed by atoms with van der Waals surface area (Å²) in [7, 11) is 0. The summed E-state index contributed by atoms with van der Waals surface area (Å²) >= 11 is 5.56. The minimum absolute atomic E-state index is 0.0779. The van der Waals surface area contributed by atoms with E-state index in [2.05, 4.69) is 9.88 Å². The molecule has 0 amide bonds. The van der Waals surface area contributed by atoms with E-state index >= 15 is 0 Å². The largest absolute Gasteiger partial charge is 0.329 e. The lowest BCUT2D eigenvalue weighted by molar-refractivity contribution is 0.287. The van der Waals surface area contributed by atoms with Crippen molar-refractivity contribution in [1.82, 2.24) is 14.5 Å². The zero-order chi connectivity index (χ0) is 12.1. The van der Waals surface area contributed by atoms with E-state index in [-0.39, 0.29) is 10.7 Å². The third-order valence-electron chi connectivity index (χ3n) is 2.52. The van der Waals surface area contributed by atoms with Crippen molar-refractivity contribution in [2.24, 2.45) is 0 Å². The molecule has 0 aliphatic heterocycles. The number of nitrogens with one attached hydrogen (secondary N) is 1. The Bertz CT molecular complexity index is 417. The highest BCUT2D eigenvalue weighted by molar-refractivity contribution is 6.29. The van der Waals surface area contributed by atoms with E-state index in [9.17, 15) is 9.59 Å². The predicted molar refractivity (Wildman–Crippen MR) is 64.1 cm³/mol. The highest BCUT2D eigenvalue weighted by Gasteiger charge is 2.05. The lowest BCUT2D eigenvalue weighted by Crippen LogP contribution is -2.38. The maximum atomic E-state index is 11.5. The van der Waals surface area contributed by atoms with Crippen LogP contribution in [0, 0.1) is 0 Å². The Hall–Kier alpha value is -1.07. The molecule has 1 aromatic rings. The number of H-pyrrole nitrogens is 1. The fraction of sp³-hybridized carbons (Fsp3) is 0.600. The quantitative estimate of drug-likeness (QED) is 0.770. The van der Waals surface area contributed by atoms with E-state index in [4.69, 9.17) is 11.6 Å². The first-order valence-corrected chi connectivity index (χ1v) is 5.68. The summed E-state index contributed by atoms with van der Waals surface area (Å²) < 4.78 is 1.16. The first-order chi connectivity index (χ1) is 7.58. The molecule has 0 spiro atoms. The van der Waals surface area contributed by atoms with Crippen LogP contribution in [-0.2, 0) is 6.54 Å². The van der Waals surface area contributed by atoms with E-state index in [1.807, 2.05) is 13.8 Å². The number of aromatic nitrogens is 2. The molecule has 0 saturated carbocycles. The number of hydrogen-bond acceptors (Lipinski definition) is 3. The second kappa shape index (κ2) is 5.86. The fourth-order valence-electron chi connectivity index (χ4n) is 1.49. The predicted octanol–water partition coefficient (Wildman–Crippen LogP) is 0.532. The van der Waals surface area contributed by atoms with Gasteiger partial charge in [0, 0.05) is 19.2 Å². The molecule has 1 N–H and O–H groups in total. The minimum atomic E-state index is -0.454. The summed E-state index contributed by atoms with van der Waals surface area (Å²) in [4.78, 5) is 27.5. The molecule has 0 atom stereocenters. The van der Waals surface area contributed by atoms with Crippen LogP contribution in [0.25, 0.3) is 0 Å². The molecule has 1 aromatic heterocycles. The summed E-state index contributed by atoms with van der Waals surface area (Å²) in [5.74, 6) is 0. The van der Waals surface area contributed by atoms with Crippen LogP contribution >= 0.6 is 11.6 Å². The van der Waals surface area contributed by atoms with Gasteiger partial charge in [-0.15, -0.1) is 0 Å². The smallest absolute Gasteiger partial charge is 0.302 e. The van der Waals surface area contributed by atoms with E-state index in [1.54, 1.807) is 0 Å². The highest BCUT2D eigenvalue weighted by Crippen LogP contribution is 1.94. The van der Waals surface area contributed by atoms with Crippen molar-refractivity contribution in [3.63, 3.8) is 0 Å². The summed E-state index contributed by atoms with van der Waals surface area (Å²) in [5, 5.41) is 0.0779. The van der Waals surface area contributed by atoms with E-state index in [1.165, 1.54) is 6.07 Å². The molecule has 16 heavy (non-hydrogen) atoms. The lowest BCUT2D eigenvalue weighted by atomic mass is 10.4. The summed E-state index contributed by atoms with van der Waals surface area (Å²) in [6.45, 7) is 6.94. The number of rotatable bonds is 5. The summed E-state index contributed by atoms with van der Waals surface area (Å²) in [5.41, 5.74) is -0.814. The molecule has 5 nitrogen and oxygen atoms in total. The zero-order valence-electron chi connectivity index (χ0n) is 9.49. The molecule has 0 radical (unpaired) electrons. The Morgan fingerprint density at radius 3 is 2.50 bits per heavy atom. The molecule has 90 valence electrons. The van der Waals surface area contributed by atoms with Crippen LogP contribution < -0.4 is 11.2 Å². The summed E-state index contributed by atoms with van der Waals surface area (Å²) in [6, 6.07) is 1.21. The molecule has 1 rings (SSSR count). The second-order valence-electron chi connectivity index (χ2n) is 3.44. The van der Waals surface area contributed by atoms with Gasteiger partial charge >= 0.3 is 5.69 Å². The minimum Gasteiger partial charge on any atom is -0.302 e. The second-order valence-corrected chi connectivity index (χ2v) is 3.85. The first-order valence-electron chi connectivity index (χ1n) is 5.30. The SMILES string of the molecule is CCN(CC)CCn1c(=O)cc(Cl)[nH]c1=O. The molecule has 0 aromatic carbocycles. The first kappa shape index (κ1) is 13.0. The van der Waals surface area contributed by atoms with Crippen LogP contribution in [0.4, 0.5) is 0 Å². The van der Waals surface area contributed by atoms with Gasteiger partial charge in [0.15, 0.2) is 0 Å². The standard InChI is InChI=1S/C10H16ClN3O2/c1-3-13(4-2)5-6-14-9(15)7-8(11)12-10(14)16/h7H,3-6H2,1-2H3,(H,12,16). The van der Waals surface area contributed by atoms with Crippen molar-refractivity contribution in [3.8, 4) is 0 Å². The Morgan fingerprint density at radius 1 is 1.38 bits per heavy atom. The molecule has 0 aliphatic rings. The average molecular weight is 246 g/mol. The van der Waals surface area contributed by atoms with Crippen LogP contribution in [0.2, 0.25) is 5.15 Å². The van der Waals surface area contributed by atoms with Crippen molar-refractivity contribution >= 4 is 11.6 Å². The van der Waals surface area contributed by atoms with Gasteiger partial charge in [-0.2, -0.15) is 0 Å². The molecule has 1 heterocycles. The molecular formula is C10H16ClN3O2. The van der Waals surface area contributed by atoms with Crippen LogP contribution in [0.5, 0.6) is 0 Å². The Balaban J connectivity index is 2.82. The molecule has 0 bridgehead atoms. The van der Waals surface area contributed by atoms with Crippen molar-refractivity contribution < 1.29 is 0 Å². The van der Waals surface area contributed by atoms with Gasteiger partial charge in [-0.25, -0.2) is 4.79 Å². The van der Waals surface area contributed by atoms with Crippen LogP contribution in [0.1, 0.15) is 13.8 Å². The number of halogens is 1. The van der Waals surface area contributed by atoms with Crippen molar-refractivity contribution in [3.05, 3.63) is 32.1 Å². The Labute approximate surface area is 98.7 Å². The Kier molecular flexibility index (Phi) is 4.76. The molecular weight excluding hydrogens is 230 g/mol. The van der Waals surface area contributed by atoms with Gasteiger partial charge in [0.05, 0.1) is 0 Å². The van der Waals surface area contributed by atoms with Gasteiger partial charge in [-0.1, -0.05) is 25.4 Å². The number of nitrogens with zero attached hydrogens (tertiary/aromatic N) is 2. The van der Waals surface area contributed by atoms with Crippen LogP contribution in [-0.4, -0.2) is 34.1 Å². The third-order valence-corrected chi connectivity index (χ3v) is 2.73. The lowest BCUT2D eigenvalue weighted by Gasteiger charge is -2.17. The fourth-order valence-corrected chi connectivity index (χ4v) is 1.66. The van der Waals surface area contributed by atoms with Gasteiger partial charge < -0.3 is 4.90 Å². The third kappa shape index (κ3) is 3.21. The van der Waals surface area contributed by atoms with Gasteiger partial charge in [0.1, 0.15) is 5.15 Å². The maximum absolute atomic E-state index is 11.5. The number of hydrogen-bond donors (Lipinski definition) is 1. The average Bonchev–Trinajstić information content (AvgIpc) is 2.22. The zero-order valence-corrected chi connectivity index (χ0v) is 10.3. The van der Waals surface area contributed by atoms with E-state index in [0.29, 0.717) is 13.1 Å². The van der Waals surface area contributed by atoms with Crippen molar-refractivity contribution in [2.45, 2.75) is 20.4 Å². The molecule has 0 fully saturated rings.